The van der Waals surface area contributed by atoms with Crippen molar-refractivity contribution in [1.29, 1.82) is 0 Å². The van der Waals surface area contributed by atoms with Crippen molar-refractivity contribution in [2.24, 2.45) is 0 Å². The molecule has 1 atom stereocenters. The summed E-state index contributed by atoms with van der Waals surface area (Å²) in [6.45, 7) is 6.82. The minimum absolute atomic E-state index is 0.00849. The summed E-state index contributed by atoms with van der Waals surface area (Å²) in [7, 11) is 0. The largest absolute Gasteiger partial charge is 0.449 e. The van der Waals surface area contributed by atoms with Crippen LogP contribution in [0.1, 0.15) is 42.7 Å². The molecule has 1 aromatic carbocycles. The van der Waals surface area contributed by atoms with Crippen molar-refractivity contribution < 1.29 is 19.2 Å². The zero-order chi connectivity index (χ0) is 19.4. The van der Waals surface area contributed by atoms with Crippen LogP contribution in [0.3, 0.4) is 0 Å². The molecule has 2 rings (SSSR count). The fraction of sp³-hybridized carbons (Fsp3) is 0.353. The van der Waals surface area contributed by atoms with Crippen molar-refractivity contribution in [2.75, 3.05) is 5.32 Å². The first kappa shape index (κ1) is 19.1. The monoisotopic (exact) mass is 360 g/mol. The number of hydrogen-bond acceptors (Lipinski definition) is 6. The van der Waals surface area contributed by atoms with Gasteiger partial charge < -0.3 is 10.1 Å². The van der Waals surface area contributed by atoms with Gasteiger partial charge in [-0.25, -0.2) is 9.48 Å². The van der Waals surface area contributed by atoms with Crippen molar-refractivity contribution in [2.45, 2.75) is 39.8 Å². The van der Waals surface area contributed by atoms with Gasteiger partial charge in [0.1, 0.15) is 5.82 Å². The Kier molecular flexibility index (Phi) is 5.71. The van der Waals surface area contributed by atoms with E-state index in [1.54, 1.807) is 23.9 Å². The molecule has 0 fully saturated rings. The number of esters is 1. The second-order valence-corrected chi connectivity index (χ2v) is 6.05. The van der Waals surface area contributed by atoms with Crippen LogP contribution >= 0.6 is 0 Å². The van der Waals surface area contributed by atoms with E-state index < -0.39 is 22.9 Å². The predicted molar refractivity (Wildman–Crippen MR) is 94.0 cm³/mol. The Hall–Kier alpha value is -3.23. The van der Waals surface area contributed by atoms with Crippen molar-refractivity contribution in [3.8, 4) is 0 Å². The molecule has 1 N–H and O–H groups in total. The summed E-state index contributed by atoms with van der Waals surface area (Å²) in [5.74, 6) is -0.852. The maximum Gasteiger partial charge on any atom is 0.339 e. The zero-order valence-corrected chi connectivity index (χ0v) is 14.9. The number of nitro groups is 1. The molecular formula is C17H20N4O5. The minimum atomic E-state index is -1.08. The Balaban J connectivity index is 2.07. The first-order valence-corrected chi connectivity index (χ1v) is 8.01. The van der Waals surface area contributed by atoms with Crippen LogP contribution in [-0.2, 0) is 9.53 Å². The summed E-state index contributed by atoms with van der Waals surface area (Å²) in [6.07, 6.45) is 0.468. The number of benzene rings is 1. The topological polar surface area (TPSA) is 116 Å². The van der Waals surface area contributed by atoms with Gasteiger partial charge in [-0.1, -0.05) is 6.07 Å². The number of anilines is 1. The number of nitro benzene ring substituents is 1. The lowest BCUT2D eigenvalue weighted by atomic mass is 10.1. The number of nitrogens with zero attached hydrogens (tertiary/aromatic N) is 3. The van der Waals surface area contributed by atoms with Crippen LogP contribution in [0, 0.1) is 17.0 Å². The van der Waals surface area contributed by atoms with E-state index in [-0.39, 0.29) is 17.3 Å². The van der Waals surface area contributed by atoms with E-state index in [0.717, 1.165) is 6.07 Å². The highest BCUT2D eigenvalue weighted by Crippen LogP contribution is 2.20. The molecule has 0 spiro atoms. The molecule has 0 aliphatic carbocycles. The molecule has 9 nitrogen and oxygen atoms in total. The number of carbonyl (C=O) groups is 2. The van der Waals surface area contributed by atoms with E-state index in [1.807, 2.05) is 13.8 Å². The molecule has 0 saturated carbocycles. The average molecular weight is 360 g/mol. The predicted octanol–water partition coefficient (Wildman–Crippen LogP) is 2.86. The fourth-order valence-electron chi connectivity index (χ4n) is 2.27. The summed E-state index contributed by atoms with van der Waals surface area (Å²) in [4.78, 5) is 34.8. The molecule has 138 valence electrons. The number of carbonyl (C=O) groups excluding carboxylic acids is 2. The van der Waals surface area contributed by atoms with Crippen LogP contribution in [0.2, 0.25) is 0 Å². The van der Waals surface area contributed by atoms with Gasteiger partial charge in [0.2, 0.25) is 0 Å². The molecule has 0 unspecified atom stereocenters. The van der Waals surface area contributed by atoms with Gasteiger partial charge in [-0.15, -0.1) is 0 Å². The number of amides is 1. The molecular weight excluding hydrogens is 340 g/mol. The van der Waals surface area contributed by atoms with Crippen LogP contribution < -0.4 is 5.32 Å². The molecule has 0 radical (unpaired) electrons. The van der Waals surface area contributed by atoms with Crippen LogP contribution in [0.5, 0.6) is 0 Å². The molecule has 26 heavy (non-hydrogen) atoms. The molecule has 9 heteroatoms. The summed E-state index contributed by atoms with van der Waals surface area (Å²) < 4.78 is 6.74. The number of hydrogen-bond donors (Lipinski definition) is 1. The molecule has 1 aromatic heterocycles. The zero-order valence-electron chi connectivity index (χ0n) is 14.9. The third-order valence-corrected chi connectivity index (χ3v) is 3.71. The van der Waals surface area contributed by atoms with Crippen molar-refractivity contribution in [3.05, 3.63) is 51.7 Å². The smallest absolute Gasteiger partial charge is 0.339 e. The summed E-state index contributed by atoms with van der Waals surface area (Å²) in [5, 5.41) is 17.7. The molecule has 1 heterocycles. The summed E-state index contributed by atoms with van der Waals surface area (Å²) in [5.41, 5.74) is 0.255. The number of nitrogens with one attached hydrogen (secondary N) is 1. The Bertz CT molecular complexity index is 843. The molecule has 0 saturated heterocycles. The van der Waals surface area contributed by atoms with Gasteiger partial charge in [0.05, 0.1) is 16.7 Å². The van der Waals surface area contributed by atoms with E-state index in [0.29, 0.717) is 11.4 Å². The first-order chi connectivity index (χ1) is 12.2. The van der Waals surface area contributed by atoms with Gasteiger partial charge in [0, 0.05) is 23.7 Å². The lowest BCUT2D eigenvalue weighted by Gasteiger charge is -2.15. The lowest BCUT2D eigenvalue weighted by Crippen LogP contribution is -2.31. The average Bonchev–Trinajstić information content (AvgIpc) is 3.03. The number of rotatable bonds is 6. The van der Waals surface area contributed by atoms with Crippen LogP contribution in [-0.4, -0.2) is 32.7 Å². The van der Waals surface area contributed by atoms with E-state index in [9.17, 15) is 19.7 Å². The van der Waals surface area contributed by atoms with Gasteiger partial charge in [0.25, 0.3) is 11.6 Å². The quantitative estimate of drug-likeness (QED) is 0.481. The van der Waals surface area contributed by atoms with E-state index in [2.05, 4.69) is 10.4 Å². The van der Waals surface area contributed by atoms with Gasteiger partial charge in [0.15, 0.2) is 6.10 Å². The fourth-order valence-corrected chi connectivity index (χ4v) is 2.27. The van der Waals surface area contributed by atoms with Crippen LogP contribution in [0.25, 0.3) is 0 Å². The maximum atomic E-state index is 12.2. The summed E-state index contributed by atoms with van der Waals surface area (Å²) in [6, 6.07) is 5.70. The molecule has 0 aliphatic heterocycles. The Labute approximate surface area is 150 Å². The van der Waals surface area contributed by atoms with E-state index >= 15 is 0 Å². The van der Waals surface area contributed by atoms with Gasteiger partial charge in [-0.2, -0.15) is 5.10 Å². The highest BCUT2D eigenvalue weighted by Gasteiger charge is 2.22. The number of aromatic nitrogens is 2. The third-order valence-electron chi connectivity index (χ3n) is 3.71. The lowest BCUT2D eigenvalue weighted by molar-refractivity contribution is -0.385. The third kappa shape index (κ3) is 4.24. The van der Waals surface area contributed by atoms with Crippen molar-refractivity contribution in [3.63, 3.8) is 0 Å². The molecule has 2 aromatic rings. The molecule has 1 amide bonds. The van der Waals surface area contributed by atoms with Crippen molar-refractivity contribution >= 4 is 23.4 Å². The standard InChI is InChI=1S/C17H20N4O5/c1-10(2)20-15(7-8-18-20)19-16(22)12(4)26-17(23)13-6-5-11(3)14(9-13)21(24)25/h5-10,12H,1-4H3,(H,19,22)/t12-/m1/s1. The summed E-state index contributed by atoms with van der Waals surface area (Å²) >= 11 is 0. The maximum absolute atomic E-state index is 12.2. The van der Waals surface area contributed by atoms with Gasteiger partial charge in [-0.05, 0) is 33.8 Å². The highest BCUT2D eigenvalue weighted by molar-refractivity contribution is 5.97. The van der Waals surface area contributed by atoms with Crippen LogP contribution in [0.15, 0.2) is 30.5 Å². The first-order valence-electron chi connectivity index (χ1n) is 8.01. The van der Waals surface area contributed by atoms with Gasteiger partial charge in [-0.3, -0.25) is 14.9 Å². The second kappa shape index (κ2) is 7.77. The number of ether oxygens (including phenoxy) is 1. The Morgan fingerprint density at radius 3 is 2.58 bits per heavy atom. The second-order valence-electron chi connectivity index (χ2n) is 6.05. The van der Waals surface area contributed by atoms with E-state index in [4.69, 9.17) is 4.74 Å². The Morgan fingerprint density at radius 2 is 1.96 bits per heavy atom. The Morgan fingerprint density at radius 1 is 1.27 bits per heavy atom. The SMILES string of the molecule is Cc1ccc(C(=O)O[C@H](C)C(=O)Nc2ccnn2C(C)C)cc1[N+](=O)[O-]. The van der Waals surface area contributed by atoms with Gasteiger partial charge >= 0.3 is 5.97 Å². The van der Waals surface area contributed by atoms with Crippen molar-refractivity contribution in [1.82, 2.24) is 9.78 Å². The molecule has 0 bridgehead atoms. The number of aryl methyl sites for hydroxylation is 1. The molecule has 0 aliphatic rings. The highest BCUT2D eigenvalue weighted by atomic mass is 16.6. The van der Waals surface area contributed by atoms with Crippen LogP contribution in [0.4, 0.5) is 11.5 Å². The van der Waals surface area contributed by atoms with E-state index in [1.165, 1.54) is 19.1 Å². The normalized spacial score (nSPS) is 11.9. The minimum Gasteiger partial charge on any atom is -0.449 e.